The molecule has 0 atom stereocenters. The van der Waals surface area contributed by atoms with Crippen molar-refractivity contribution in [3.63, 3.8) is 0 Å². The molecule has 30 heavy (non-hydrogen) atoms. The highest BCUT2D eigenvalue weighted by Crippen LogP contribution is 2.28. The standard InChI is InChI=1S/C24H18N2O4/c27-23-19-12-16(11-10-15(19)13-25-23)26-24(28)22-20(14-29-17-6-2-1-3-7-17)18-8-4-5-9-21(18)30-22/h1-12H,13-14H2,(H,25,27)(H,26,28). The van der Waals surface area contributed by atoms with Crippen LogP contribution in [-0.4, -0.2) is 11.8 Å². The maximum atomic E-state index is 13.0. The second-order valence-corrected chi connectivity index (χ2v) is 7.02. The highest BCUT2D eigenvalue weighted by molar-refractivity contribution is 6.07. The Morgan fingerprint density at radius 3 is 2.70 bits per heavy atom. The van der Waals surface area contributed by atoms with Crippen molar-refractivity contribution in [2.75, 3.05) is 5.32 Å². The number of benzene rings is 3. The number of furan rings is 1. The van der Waals surface area contributed by atoms with Crippen molar-refractivity contribution in [1.82, 2.24) is 5.32 Å². The molecule has 1 aromatic heterocycles. The molecular weight excluding hydrogens is 380 g/mol. The minimum Gasteiger partial charge on any atom is -0.489 e. The highest BCUT2D eigenvalue weighted by Gasteiger charge is 2.23. The van der Waals surface area contributed by atoms with Gasteiger partial charge in [-0.1, -0.05) is 42.5 Å². The molecule has 0 aliphatic carbocycles. The third-order valence-corrected chi connectivity index (χ3v) is 5.08. The van der Waals surface area contributed by atoms with Crippen LogP contribution < -0.4 is 15.4 Å². The fourth-order valence-electron chi connectivity index (χ4n) is 3.58. The largest absolute Gasteiger partial charge is 0.489 e. The molecule has 0 saturated heterocycles. The lowest BCUT2D eigenvalue weighted by Crippen LogP contribution is -2.15. The van der Waals surface area contributed by atoms with Gasteiger partial charge in [-0.15, -0.1) is 0 Å². The summed E-state index contributed by atoms with van der Waals surface area (Å²) in [6, 6.07) is 22.2. The van der Waals surface area contributed by atoms with Gasteiger partial charge in [-0.05, 0) is 35.9 Å². The number of nitrogens with one attached hydrogen (secondary N) is 2. The van der Waals surface area contributed by atoms with Gasteiger partial charge in [0.25, 0.3) is 11.8 Å². The number of fused-ring (bicyclic) bond motifs is 2. The summed E-state index contributed by atoms with van der Waals surface area (Å²) in [7, 11) is 0. The topological polar surface area (TPSA) is 80.6 Å². The molecule has 0 bridgehead atoms. The Hall–Kier alpha value is -4.06. The van der Waals surface area contributed by atoms with Crippen LogP contribution in [0.1, 0.15) is 32.0 Å². The molecule has 0 spiro atoms. The summed E-state index contributed by atoms with van der Waals surface area (Å²) < 4.78 is 11.7. The zero-order valence-corrected chi connectivity index (χ0v) is 16.0. The van der Waals surface area contributed by atoms with Gasteiger partial charge in [0.1, 0.15) is 17.9 Å². The predicted octanol–water partition coefficient (Wildman–Crippen LogP) is 4.51. The molecule has 0 fully saturated rings. The van der Waals surface area contributed by atoms with Gasteiger partial charge in [-0.25, -0.2) is 0 Å². The molecule has 6 nitrogen and oxygen atoms in total. The molecule has 0 radical (unpaired) electrons. The van der Waals surface area contributed by atoms with E-state index < -0.39 is 5.91 Å². The average molecular weight is 398 g/mol. The monoisotopic (exact) mass is 398 g/mol. The van der Waals surface area contributed by atoms with Crippen molar-refractivity contribution in [2.45, 2.75) is 13.2 Å². The van der Waals surface area contributed by atoms with E-state index in [0.717, 1.165) is 10.9 Å². The lowest BCUT2D eigenvalue weighted by molar-refractivity contribution is 0.0963. The molecule has 2 heterocycles. The summed E-state index contributed by atoms with van der Waals surface area (Å²) in [6.07, 6.45) is 0. The van der Waals surface area contributed by atoms with E-state index in [2.05, 4.69) is 10.6 Å². The smallest absolute Gasteiger partial charge is 0.291 e. The van der Waals surface area contributed by atoms with Gasteiger partial charge in [0.05, 0.1) is 0 Å². The molecule has 0 saturated carbocycles. The Balaban J connectivity index is 1.45. The maximum Gasteiger partial charge on any atom is 0.291 e. The van der Waals surface area contributed by atoms with Crippen LogP contribution in [0, 0.1) is 0 Å². The van der Waals surface area contributed by atoms with Crippen LogP contribution in [0.2, 0.25) is 0 Å². The first-order valence-electron chi connectivity index (χ1n) is 9.60. The Kier molecular flexibility index (Phi) is 4.44. The van der Waals surface area contributed by atoms with E-state index in [1.165, 1.54) is 0 Å². The molecule has 3 aromatic carbocycles. The van der Waals surface area contributed by atoms with Crippen molar-refractivity contribution in [2.24, 2.45) is 0 Å². The summed E-state index contributed by atoms with van der Waals surface area (Å²) in [4.78, 5) is 24.9. The normalized spacial score (nSPS) is 12.5. The van der Waals surface area contributed by atoms with Gasteiger partial charge < -0.3 is 19.8 Å². The number of amides is 2. The van der Waals surface area contributed by atoms with E-state index in [4.69, 9.17) is 9.15 Å². The number of carbonyl (C=O) groups excluding carboxylic acids is 2. The second-order valence-electron chi connectivity index (χ2n) is 7.02. The molecule has 1 aliphatic heterocycles. The Morgan fingerprint density at radius 2 is 1.83 bits per heavy atom. The molecule has 2 amide bonds. The SMILES string of the molecule is O=C1NCc2ccc(NC(=O)c3oc4ccccc4c3COc3ccccc3)cc21. The number of carbonyl (C=O) groups is 2. The Morgan fingerprint density at radius 1 is 1.03 bits per heavy atom. The van der Waals surface area contributed by atoms with E-state index in [0.29, 0.717) is 34.7 Å². The van der Waals surface area contributed by atoms with Gasteiger partial charge in [0.2, 0.25) is 0 Å². The quantitative estimate of drug-likeness (QED) is 0.518. The first-order chi connectivity index (χ1) is 14.7. The van der Waals surface area contributed by atoms with Crippen LogP contribution in [0.4, 0.5) is 5.69 Å². The van der Waals surface area contributed by atoms with Gasteiger partial charge >= 0.3 is 0 Å². The number of hydrogen-bond acceptors (Lipinski definition) is 4. The molecule has 1 aliphatic rings. The van der Waals surface area contributed by atoms with Gasteiger partial charge in [0.15, 0.2) is 5.76 Å². The third kappa shape index (κ3) is 3.28. The first-order valence-corrected chi connectivity index (χ1v) is 9.60. The Labute approximate surface area is 172 Å². The Bertz CT molecular complexity index is 1260. The number of ether oxygens (including phenoxy) is 1. The average Bonchev–Trinajstić information content (AvgIpc) is 3.33. The molecule has 5 rings (SSSR count). The molecule has 148 valence electrons. The molecule has 0 unspecified atom stereocenters. The molecular formula is C24H18N2O4. The lowest BCUT2D eigenvalue weighted by Gasteiger charge is -2.08. The molecule has 2 N–H and O–H groups in total. The van der Waals surface area contributed by atoms with Crippen LogP contribution >= 0.6 is 0 Å². The summed E-state index contributed by atoms with van der Waals surface area (Å²) in [5.41, 5.74) is 3.31. The molecule has 4 aromatic rings. The van der Waals surface area contributed by atoms with Crippen LogP contribution in [-0.2, 0) is 13.2 Å². The number of anilines is 1. The minimum atomic E-state index is -0.392. The van der Waals surface area contributed by atoms with Crippen LogP contribution in [0.5, 0.6) is 5.75 Å². The number of rotatable bonds is 5. The summed E-state index contributed by atoms with van der Waals surface area (Å²) in [5.74, 6) is 0.369. The van der Waals surface area contributed by atoms with Gasteiger partial charge in [0, 0.05) is 28.7 Å². The summed E-state index contributed by atoms with van der Waals surface area (Å²) >= 11 is 0. The van der Waals surface area contributed by atoms with Gasteiger partial charge in [-0.3, -0.25) is 9.59 Å². The zero-order valence-electron chi connectivity index (χ0n) is 16.0. The van der Waals surface area contributed by atoms with Crippen molar-refractivity contribution < 1.29 is 18.7 Å². The van der Waals surface area contributed by atoms with E-state index in [9.17, 15) is 9.59 Å². The zero-order chi connectivity index (χ0) is 20.5. The highest BCUT2D eigenvalue weighted by atomic mass is 16.5. The van der Waals surface area contributed by atoms with Crippen LogP contribution in [0.3, 0.4) is 0 Å². The summed E-state index contributed by atoms with van der Waals surface area (Å²) in [5, 5.41) is 6.44. The van der Waals surface area contributed by atoms with Crippen LogP contribution in [0.25, 0.3) is 11.0 Å². The predicted molar refractivity (Wildman–Crippen MR) is 113 cm³/mol. The van der Waals surface area contributed by atoms with Crippen molar-refractivity contribution >= 4 is 28.5 Å². The maximum absolute atomic E-state index is 13.0. The van der Waals surface area contributed by atoms with E-state index in [-0.39, 0.29) is 18.3 Å². The van der Waals surface area contributed by atoms with E-state index >= 15 is 0 Å². The van der Waals surface area contributed by atoms with E-state index in [1.807, 2.05) is 60.7 Å². The second kappa shape index (κ2) is 7.40. The van der Waals surface area contributed by atoms with Gasteiger partial charge in [-0.2, -0.15) is 0 Å². The van der Waals surface area contributed by atoms with Crippen LogP contribution in [0.15, 0.2) is 77.2 Å². The fraction of sp³-hybridized carbons (Fsp3) is 0.0833. The minimum absolute atomic E-state index is 0.137. The van der Waals surface area contributed by atoms with E-state index in [1.54, 1.807) is 12.1 Å². The number of hydrogen-bond donors (Lipinski definition) is 2. The van der Waals surface area contributed by atoms with Crippen molar-refractivity contribution in [3.05, 3.63) is 95.2 Å². The summed E-state index contributed by atoms with van der Waals surface area (Å²) in [6.45, 7) is 0.698. The third-order valence-electron chi connectivity index (χ3n) is 5.08. The van der Waals surface area contributed by atoms with Crippen molar-refractivity contribution in [3.8, 4) is 5.75 Å². The first kappa shape index (κ1) is 18.0. The van der Waals surface area contributed by atoms with Crippen molar-refractivity contribution in [1.29, 1.82) is 0 Å². The number of para-hydroxylation sites is 2. The fourth-order valence-corrected chi connectivity index (χ4v) is 3.58. The lowest BCUT2D eigenvalue weighted by atomic mass is 10.1. The molecule has 6 heteroatoms.